The van der Waals surface area contributed by atoms with Gasteiger partial charge in [-0.05, 0) is 36.9 Å². The average Bonchev–Trinajstić information content (AvgIpc) is 3.17. The first-order valence-electron chi connectivity index (χ1n) is 10.6. The molecule has 2 aromatic rings. The van der Waals surface area contributed by atoms with E-state index in [1.54, 1.807) is 11.8 Å². The SMILES string of the molecule is CCCCCCCCCCCCCSc1[nH]nc[n+]1-c1ccc(SC)cc1. The highest BCUT2D eigenvalue weighted by Crippen LogP contribution is 2.18. The number of H-pyrrole nitrogens is 1. The Morgan fingerprint density at radius 1 is 0.852 bits per heavy atom. The van der Waals surface area contributed by atoms with Gasteiger partial charge in [0.15, 0.2) is 0 Å². The van der Waals surface area contributed by atoms with Gasteiger partial charge in [0.1, 0.15) is 5.69 Å². The number of nitrogens with one attached hydrogen (secondary N) is 1. The molecule has 0 aliphatic rings. The van der Waals surface area contributed by atoms with E-state index < -0.39 is 0 Å². The standard InChI is InChI=1S/C22H35N3S2/c1-3-4-5-6-7-8-9-10-11-12-13-18-27-22-24-23-19-25(22)20-14-16-21(26-2)17-15-20/h14-17,19H,3-13,18H2,1-2H3/p+1. The van der Waals surface area contributed by atoms with Crippen LogP contribution in [0.2, 0.25) is 0 Å². The van der Waals surface area contributed by atoms with Crippen LogP contribution in [0.25, 0.3) is 5.69 Å². The van der Waals surface area contributed by atoms with Crippen LogP contribution in [0.15, 0.2) is 40.6 Å². The molecular weight excluding hydrogens is 370 g/mol. The summed E-state index contributed by atoms with van der Waals surface area (Å²) >= 11 is 3.65. The zero-order chi connectivity index (χ0) is 19.2. The van der Waals surface area contributed by atoms with Gasteiger partial charge in [-0.25, -0.2) is 0 Å². The lowest BCUT2D eigenvalue weighted by Crippen LogP contribution is -2.30. The van der Waals surface area contributed by atoms with E-state index in [0.29, 0.717) is 0 Å². The van der Waals surface area contributed by atoms with Crippen LogP contribution >= 0.6 is 23.5 Å². The van der Waals surface area contributed by atoms with E-state index in [1.807, 2.05) is 18.1 Å². The number of rotatable bonds is 15. The maximum atomic E-state index is 4.23. The third kappa shape index (κ3) is 8.73. The molecule has 5 heteroatoms. The van der Waals surface area contributed by atoms with Crippen molar-refractivity contribution in [3.63, 3.8) is 0 Å². The number of hydrogen-bond donors (Lipinski definition) is 1. The minimum absolute atomic E-state index is 1.12. The molecule has 27 heavy (non-hydrogen) atoms. The summed E-state index contributed by atoms with van der Waals surface area (Å²) in [5, 5.41) is 8.50. The van der Waals surface area contributed by atoms with Gasteiger partial charge >= 0.3 is 0 Å². The lowest BCUT2D eigenvalue weighted by atomic mass is 10.1. The summed E-state index contributed by atoms with van der Waals surface area (Å²) in [7, 11) is 0. The molecule has 150 valence electrons. The molecule has 0 aliphatic heterocycles. The maximum absolute atomic E-state index is 4.23. The predicted molar refractivity (Wildman–Crippen MR) is 119 cm³/mol. The smallest absolute Gasteiger partial charge is 0.191 e. The molecule has 0 saturated carbocycles. The Morgan fingerprint density at radius 3 is 2.04 bits per heavy atom. The van der Waals surface area contributed by atoms with Crippen LogP contribution in [-0.2, 0) is 0 Å². The molecule has 1 heterocycles. The molecule has 1 N–H and O–H groups in total. The van der Waals surface area contributed by atoms with Crippen molar-refractivity contribution >= 4 is 23.5 Å². The van der Waals surface area contributed by atoms with Crippen LogP contribution in [0.3, 0.4) is 0 Å². The van der Waals surface area contributed by atoms with Crippen LogP contribution in [0.1, 0.15) is 77.6 Å². The van der Waals surface area contributed by atoms with E-state index >= 15 is 0 Å². The zero-order valence-corrected chi connectivity index (χ0v) is 18.7. The first-order valence-corrected chi connectivity index (χ1v) is 12.8. The molecule has 0 saturated heterocycles. The van der Waals surface area contributed by atoms with Gasteiger partial charge in [0, 0.05) is 15.7 Å². The zero-order valence-electron chi connectivity index (χ0n) is 17.1. The number of thioether (sulfide) groups is 2. The lowest BCUT2D eigenvalue weighted by molar-refractivity contribution is -0.636. The van der Waals surface area contributed by atoms with Gasteiger partial charge in [-0.2, -0.15) is 4.57 Å². The van der Waals surface area contributed by atoms with E-state index in [4.69, 9.17) is 0 Å². The second kappa shape index (κ2) is 14.1. The van der Waals surface area contributed by atoms with E-state index in [-0.39, 0.29) is 0 Å². The summed E-state index contributed by atoms with van der Waals surface area (Å²) in [6.45, 7) is 2.28. The van der Waals surface area contributed by atoms with Gasteiger partial charge in [0.25, 0.3) is 11.5 Å². The van der Waals surface area contributed by atoms with Crippen LogP contribution in [0, 0.1) is 0 Å². The molecule has 0 bridgehead atoms. The average molecular weight is 407 g/mol. The largest absolute Gasteiger partial charge is 0.298 e. The summed E-state index contributed by atoms with van der Waals surface area (Å²) in [6.07, 6.45) is 19.3. The van der Waals surface area contributed by atoms with Gasteiger partial charge in [-0.3, -0.25) is 0 Å². The highest BCUT2D eigenvalue weighted by atomic mass is 32.2. The molecule has 0 fully saturated rings. The molecular formula is C22H36N3S2+. The Balaban J connectivity index is 1.56. The Hall–Kier alpha value is -0.940. The van der Waals surface area contributed by atoms with Gasteiger partial charge in [-0.1, -0.05) is 82.9 Å². The maximum Gasteiger partial charge on any atom is 0.298 e. The van der Waals surface area contributed by atoms with Crippen molar-refractivity contribution in [1.82, 2.24) is 10.2 Å². The van der Waals surface area contributed by atoms with E-state index in [0.717, 1.165) is 10.9 Å². The molecule has 0 amide bonds. The minimum Gasteiger partial charge on any atom is -0.191 e. The summed E-state index contributed by atoms with van der Waals surface area (Å²) in [5.74, 6) is 1.15. The molecule has 0 unspecified atom stereocenters. The number of nitrogens with zero attached hydrogens (tertiary/aromatic N) is 2. The van der Waals surface area contributed by atoms with Crippen molar-refractivity contribution in [3.05, 3.63) is 30.6 Å². The lowest BCUT2D eigenvalue weighted by Gasteiger charge is -2.03. The monoisotopic (exact) mass is 406 g/mol. The normalized spacial score (nSPS) is 11.2. The fraction of sp³-hybridized carbons (Fsp3) is 0.636. The molecule has 0 atom stereocenters. The van der Waals surface area contributed by atoms with Crippen LogP contribution in [0.5, 0.6) is 0 Å². The first-order chi connectivity index (χ1) is 13.3. The minimum atomic E-state index is 1.12. The molecule has 1 aromatic heterocycles. The number of aromatic amines is 1. The summed E-state index contributed by atoms with van der Waals surface area (Å²) in [6, 6.07) is 8.65. The fourth-order valence-corrected chi connectivity index (χ4v) is 4.57. The third-order valence-electron chi connectivity index (χ3n) is 4.89. The Kier molecular flexibility index (Phi) is 11.7. The van der Waals surface area contributed by atoms with Gasteiger partial charge in [0.05, 0.1) is 0 Å². The summed E-state index contributed by atoms with van der Waals surface area (Å²) in [4.78, 5) is 1.29. The van der Waals surface area contributed by atoms with Crippen LogP contribution in [-0.4, -0.2) is 22.2 Å². The van der Waals surface area contributed by atoms with Crippen molar-refractivity contribution in [3.8, 4) is 5.69 Å². The quantitative estimate of drug-likeness (QED) is 0.200. The number of aromatic nitrogens is 3. The Labute approximate surface area is 174 Å². The molecule has 0 aliphatic carbocycles. The molecule has 0 spiro atoms. The van der Waals surface area contributed by atoms with E-state index in [9.17, 15) is 0 Å². The van der Waals surface area contributed by atoms with Crippen LogP contribution in [0.4, 0.5) is 0 Å². The van der Waals surface area contributed by atoms with Gasteiger partial charge in [-0.15, -0.1) is 16.9 Å². The highest BCUT2D eigenvalue weighted by molar-refractivity contribution is 7.99. The predicted octanol–water partition coefficient (Wildman–Crippen LogP) is 6.81. The third-order valence-corrected chi connectivity index (χ3v) is 6.69. The molecule has 0 radical (unpaired) electrons. The summed E-state index contributed by atoms with van der Waals surface area (Å²) in [5.41, 5.74) is 1.17. The first kappa shape index (κ1) is 22.4. The summed E-state index contributed by atoms with van der Waals surface area (Å²) < 4.78 is 2.15. The van der Waals surface area contributed by atoms with Gasteiger partial charge in [0.2, 0.25) is 0 Å². The second-order valence-electron chi connectivity index (χ2n) is 7.11. The van der Waals surface area contributed by atoms with E-state index in [1.165, 1.54) is 81.2 Å². The second-order valence-corrected chi connectivity index (χ2v) is 9.08. The van der Waals surface area contributed by atoms with Crippen molar-refractivity contribution in [2.75, 3.05) is 12.0 Å². The Morgan fingerprint density at radius 2 is 1.44 bits per heavy atom. The van der Waals surface area contributed by atoms with Gasteiger partial charge < -0.3 is 0 Å². The van der Waals surface area contributed by atoms with Crippen molar-refractivity contribution in [2.24, 2.45) is 0 Å². The molecule has 2 rings (SSSR count). The van der Waals surface area contributed by atoms with E-state index in [2.05, 4.69) is 52.2 Å². The van der Waals surface area contributed by atoms with Crippen molar-refractivity contribution < 1.29 is 4.57 Å². The number of benzene rings is 1. The van der Waals surface area contributed by atoms with Crippen molar-refractivity contribution in [1.29, 1.82) is 0 Å². The van der Waals surface area contributed by atoms with Crippen LogP contribution < -0.4 is 4.57 Å². The fourth-order valence-electron chi connectivity index (χ4n) is 3.21. The molecule has 1 aromatic carbocycles. The topological polar surface area (TPSA) is 32.6 Å². The Bertz CT molecular complexity index is 610. The van der Waals surface area contributed by atoms with Crippen molar-refractivity contribution in [2.45, 2.75) is 87.6 Å². The number of unbranched alkanes of at least 4 members (excludes halogenated alkanes) is 10. The highest BCUT2D eigenvalue weighted by Gasteiger charge is 2.13. The molecule has 3 nitrogen and oxygen atoms in total. The number of hydrogen-bond acceptors (Lipinski definition) is 3.